The first-order chi connectivity index (χ1) is 20.1. The van der Waals surface area contributed by atoms with E-state index in [4.69, 9.17) is 4.98 Å². The monoisotopic (exact) mass is 592 g/mol. The molecule has 228 valence electrons. The molecule has 5 unspecified atom stereocenters. The Labute approximate surface area is 250 Å². The summed E-state index contributed by atoms with van der Waals surface area (Å²) in [5.41, 5.74) is 1.78. The molecule has 7 nitrogen and oxygen atoms in total. The number of para-hydroxylation sites is 2. The van der Waals surface area contributed by atoms with Crippen LogP contribution in [0.5, 0.6) is 0 Å². The van der Waals surface area contributed by atoms with Crippen LogP contribution in [0.15, 0.2) is 40.5 Å². The van der Waals surface area contributed by atoms with Crippen molar-refractivity contribution in [2.45, 2.75) is 103 Å². The predicted octanol–water partition coefficient (Wildman–Crippen LogP) is 6.66. The zero-order chi connectivity index (χ0) is 29.3. The Bertz CT molecular complexity index is 1470. The molecule has 5 fully saturated rings. The van der Waals surface area contributed by atoms with Crippen molar-refractivity contribution in [3.63, 3.8) is 0 Å². The average molecular weight is 593 g/mol. The molecule has 3 saturated carbocycles. The number of piperidine rings is 2. The van der Waals surface area contributed by atoms with Gasteiger partial charge >= 0.3 is 0 Å². The lowest BCUT2D eigenvalue weighted by atomic mass is 9.60. The summed E-state index contributed by atoms with van der Waals surface area (Å²) in [5.74, 6) is 4.58. The molecule has 8 heteroatoms. The van der Waals surface area contributed by atoms with Crippen LogP contribution in [0.1, 0.15) is 84.6 Å². The number of rotatable bonds is 4. The van der Waals surface area contributed by atoms with Gasteiger partial charge in [0.25, 0.3) is 5.56 Å². The maximum absolute atomic E-state index is 14.4. The molecule has 1 aromatic carbocycles. The van der Waals surface area contributed by atoms with Gasteiger partial charge in [-0.15, -0.1) is 0 Å². The highest BCUT2D eigenvalue weighted by Crippen LogP contribution is 2.52. The highest BCUT2D eigenvalue weighted by atomic mass is 31.2. The Morgan fingerprint density at radius 3 is 2.45 bits per heavy atom. The molecule has 1 aromatic heterocycles. The van der Waals surface area contributed by atoms with Crippen molar-refractivity contribution < 1.29 is 9.46 Å². The number of nitrogens with zero attached hydrogens (tertiary/aromatic N) is 4. The van der Waals surface area contributed by atoms with E-state index in [2.05, 4.69) is 36.3 Å². The first kappa shape index (κ1) is 28.8. The summed E-state index contributed by atoms with van der Waals surface area (Å²) < 4.78 is 14.4. The fourth-order valence-corrected chi connectivity index (χ4v) is 10.5. The van der Waals surface area contributed by atoms with Crippen LogP contribution in [0.4, 0.5) is 5.82 Å². The maximum atomic E-state index is 14.4. The number of benzene rings is 1. The lowest BCUT2D eigenvalue weighted by Gasteiger charge is -2.57. The van der Waals surface area contributed by atoms with Gasteiger partial charge in [0.15, 0.2) is 5.82 Å². The molecule has 6 aliphatic rings. The van der Waals surface area contributed by atoms with Crippen LogP contribution < -0.4 is 10.5 Å². The standard InChI is InChI=1S/C34H49N4O3P/c1-21-9-10-26-19-28(20-32(21)37(26)27-15-22(2)23(3)25-16-24(17-25)18-27)38-31-8-6-5-7-30(31)35-33(34(38)39)36-13-11-29(12-14-36)42(4,40)41/h5-8,11,21-28,32H,9-10,12-20H2,1-4H3,(H,40,41)/t21?,22?,23?,24-,25+,26-,27+,28+,32?/m1/s1. The van der Waals surface area contributed by atoms with E-state index in [1.807, 2.05) is 29.2 Å². The molecule has 1 N–H and O–H groups in total. The summed E-state index contributed by atoms with van der Waals surface area (Å²) >= 11 is 0. The molecule has 0 radical (unpaired) electrons. The Morgan fingerprint density at radius 2 is 1.71 bits per heavy atom. The number of fused-ring (bicyclic) bond motifs is 8. The van der Waals surface area contributed by atoms with Gasteiger partial charge in [0.2, 0.25) is 7.37 Å². The average Bonchev–Trinajstić information content (AvgIpc) is 2.94. The zero-order valence-electron chi connectivity index (χ0n) is 25.9. The quantitative estimate of drug-likeness (QED) is 0.401. The van der Waals surface area contributed by atoms with Crippen molar-refractivity contribution in [2.75, 3.05) is 24.7 Å². The second-order valence-electron chi connectivity index (χ2n) is 14.8. The SMILES string of the molecule is CC1CC[C@@H]2C[C@H](n3c(=O)c(N4CC=C(P(C)(=O)O)CC4)nc4ccccc43)CC1N2[C@H]1CC(C)C(C)[C@H]2C[C@@H](C1)C2. The zero-order valence-corrected chi connectivity index (χ0v) is 26.8. The first-order valence-corrected chi connectivity index (χ1v) is 18.7. The lowest BCUT2D eigenvalue weighted by molar-refractivity contribution is -0.0755. The molecule has 0 spiro atoms. The molecule has 2 saturated heterocycles. The molecular formula is C34H49N4O3P. The van der Waals surface area contributed by atoms with Gasteiger partial charge in [-0.1, -0.05) is 39.0 Å². The Kier molecular flexibility index (Phi) is 7.47. The molecule has 8 rings (SSSR count). The first-order valence-electron chi connectivity index (χ1n) is 16.6. The molecule has 4 bridgehead atoms. The highest BCUT2D eigenvalue weighted by molar-refractivity contribution is 7.61. The van der Waals surface area contributed by atoms with Gasteiger partial charge in [-0.2, -0.15) is 0 Å². The summed E-state index contributed by atoms with van der Waals surface area (Å²) in [5, 5.41) is 0.601. The normalized spacial score (nSPS) is 38.6. The van der Waals surface area contributed by atoms with E-state index in [1.165, 1.54) is 45.2 Å². The summed E-state index contributed by atoms with van der Waals surface area (Å²) in [7, 11) is -3.26. The molecule has 42 heavy (non-hydrogen) atoms. The van der Waals surface area contributed by atoms with E-state index in [0.717, 1.165) is 47.5 Å². The smallest absolute Gasteiger partial charge is 0.294 e. The van der Waals surface area contributed by atoms with Gasteiger partial charge in [0.1, 0.15) is 0 Å². The maximum Gasteiger partial charge on any atom is 0.294 e. The van der Waals surface area contributed by atoms with Gasteiger partial charge in [-0.05, 0) is 99.5 Å². The minimum Gasteiger partial charge on any atom is -0.348 e. The van der Waals surface area contributed by atoms with Crippen LogP contribution in [0, 0.1) is 29.6 Å². The third-order valence-corrected chi connectivity index (χ3v) is 13.7. The van der Waals surface area contributed by atoms with Gasteiger partial charge in [-0.25, -0.2) is 4.98 Å². The topological polar surface area (TPSA) is 78.7 Å². The van der Waals surface area contributed by atoms with Crippen molar-refractivity contribution in [3.05, 3.63) is 46.0 Å². The molecule has 4 heterocycles. The van der Waals surface area contributed by atoms with E-state index in [9.17, 15) is 14.3 Å². The summed E-state index contributed by atoms with van der Waals surface area (Å²) in [4.78, 5) is 34.3. The van der Waals surface area contributed by atoms with E-state index >= 15 is 0 Å². The second-order valence-corrected chi connectivity index (χ2v) is 17.1. The summed E-state index contributed by atoms with van der Waals surface area (Å²) in [6.07, 6.45) is 12.4. The Morgan fingerprint density at radius 1 is 0.929 bits per heavy atom. The van der Waals surface area contributed by atoms with E-state index in [1.54, 1.807) is 0 Å². The van der Waals surface area contributed by atoms with E-state index in [-0.39, 0.29) is 11.6 Å². The molecule has 3 aliphatic heterocycles. The molecule has 2 aromatic rings. The van der Waals surface area contributed by atoms with Crippen LogP contribution in [-0.2, 0) is 4.57 Å². The lowest BCUT2D eigenvalue weighted by Crippen LogP contribution is -2.61. The van der Waals surface area contributed by atoms with Gasteiger partial charge in [0, 0.05) is 49.2 Å². The largest absolute Gasteiger partial charge is 0.348 e. The van der Waals surface area contributed by atoms with Crippen molar-refractivity contribution in [1.82, 2.24) is 14.5 Å². The summed E-state index contributed by atoms with van der Waals surface area (Å²) in [6, 6.07) is 9.98. The minimum atomic E-state index is -3.26. The number of hydrogen-bond acceptors (Lipinski definition) is 5. The fraction of sp³-hybridized carbons (Fsp3) is 0.706. The predicted molar refractivity (Wildman–Crippen MR) is 170 cm³/mol. The molecule has 8 atom stereocenters. The van der Waals surface area contributed by atoms with E-state index < -0.39 is 7.37 Å². The fourth-order valence-electron chi connectivity index (χ4n) is 9.60. The van der Waals surface area contributed by atoms with Crippen LogP contribution in [0.3, 0.4) is 0 Å². The van der Waals surface area contributed by atoms with Gasteiger partial charge in [0.05, 0.1) is 11.0 Å². The van der Waals surface area contributed by atoms with Crippen LogP contribution in [-0.4, -0.2) is 57.2 Å². The molecule has 3 aliphatic carbocycles. The van der Waals surface area contributed by atoms with Gasteiger partial charge in [-0.3, -0.25) is 14.3 Å². The van der Waals surface area contributed by atoms with Crippen molar-refractivity contribution in [2.24, 2.45) is 29.6 Å². The summed E-state index contributed by atoms with van der Waals surface area (Å²) in [6.45, 7) is 9.84. The second kappa shape index (κ2) is 10.9. The highest BCUT2D eigenvalue weighted by Gasteiger charge is 2.48. The van der Waals surface area contributed by atoms with Crippen molar-refractivity contribution in [3.8, 4) is 0 Å². The number of anilines is 1. The Balaban J connectivity index is 1.22. The van der Waals surface area contributed by atoms with Crippen LogP contribution in [0.25, 0.3) is 11.0 Å². The third kappa shape index (κ3) is 5.02. The van der Waals surface area contributed by atoms with E-state index in [0.29, 0.717) is 54.7 Å². The van der Waals surface area contributed by atoms with Gasteiger partial charge < -0.3 is 14.4 Å². The third-order valence-electron chi connectivity index (χ3n) is 12.2. The van der Waals surface area contributed by atoms with Crippen molar-refractivity contribution in [1.29, 1.82) is 0 Å². The number of aromatic nitrogens is 2. The van der Waals surface area contributed by atoms with Crippen LogP contribution in [0.2, 0.25) is 0 Å². The molecule has 0 amide bonds. The Hall–Kier alpha value is -1.95. The molecular weight excluding hydrogens is 543 g/mol. The van der Waals surface area contributed by atoms with Crippen LogP contribution >= 0.6 is 7.37 Å². The number of hydrogen-bond donors (Lipinski definition) is 1. The van der Waals surface area contributed by atoms with Crippen molar-refractivity contribution >= 4 is 24.2 Å². The minimum absolute atomic E-state index is 0.00711.